The third-order valence-corrected chi connectivity index (χ3v) is 2.92. The van der Waals surface area contributed by atoms with Crippen molar-refractivity contribution in [2.45, 2.75) is 19.8 Å². The minimum Gasteiger partial charge on any atom is -0.371 e. The van der Waals surface area contributed by atoms with Gasteiger partial charge < -0.3 is 5.32 Å². The lowest BCUT2D eigenvalue weighted by Crippen LogP contribution is -2.23. The maximum Gasteiger partial charge on any atom is 0.327 e. The number of aryl methyl sites for hydroxylation is 1. The second-order valence-electron chi connectivity index (χ2n) is 4.35. The van der Waals surface area contributed by atoms with Crippen LogP contribution in [0.25, 0.3) is 0 Å². The lowest BCUT2D eigenvalue weighted by molar-refractivity contribution is 0.972. The van der Waals surface area contributed by atoms with Crippen LogP contribution in [-0.4, -0.2) is 16.5 Å². The molecule has 19 heavy (non-hydrogen) atoms. The number of aromatic nitrogens is 2. The van der Waals surface area contributed by atoms with Gasteiger partial charge >= 0.3 is 5.69 Å². The highest BCUT2D eigenvalue weighted by atomic mass is 16.2. The van der Waals surface area contributed by atoms with Crippen LogP contribution in [0.5, 0.6) is 0 Å². The first-order valence-corrected chi connectivity index (χ1v) is 6.32. The van der Waals surface area contributed by atoms with Crippen LogP contribution < -0.4 is 16.6 Å². The molecule has 0 atom stereocenters. The summed E-state index contributed by atoms with van der Waals surface area (Å²) in [6.45, 7) is 2.78. The molecule has 2 rings (SSSR count). The van der Waals surface area contributed by atoms with Gasteiger partial charge in [-0.15, -0.1) is 0 Å². The summed E-state index contributed by atoms with van der Waals surface area (Å²) in [7, 11) is 0. The van der Waals surface area contributed by atoms with Crippen molar-refractivity contribution < 1.29 is 0 Å². The van der Waals surface area contributed by atoms with Crippen LogP contribution in [0.15, 0.2) is 39.9 Å². The fourth-order valence-corrected chi connectivity index (χ4v) is 1.85. The quantitative estimate of drug-likeness (QED) is 0.757. The molecule has 1 aromatic heterocycles. The van der Waals surface area contributed by atoms with Gasteiger partial charge in [-0.1, -0.05) is 31.2 Å². The largest absolute Gasteiger partial charge is 0.371 e. The summed E-state index contributed by atoms with van der Waals surface area (Å²) in [5, 5.41) is 3.03. The van der Waals surface area contributed by atoms with Gasteiger partial charge in [0.05, 0.1) is 0 Å². The second kappa shape index (κ2) is 6.04. The van der Waals surface area contributed by atoms with Crippen molar-refractivity contribution in [3.8, 4) is 0 Å². The van der Waals surface area contributed by atoms with Crippen LogP contribution in [0.3, 0.4) is 0 Å². The number of anilines is 1. The van der Waals surface area contributed by atoms with Gasteiger partial charge in [0.1, 0.15) is 5.82 Å². The summed E-state index contributed by atoms with van der Waals surface area (Å²) in [5.74, 6) is 0.443. The van der Waals surface area contributed by atoms with Gasteiger partial charge in [0.25, 0.3) is 5.56 Å². The van der Waals surface area contributed by atoms with E-state index in [1.54, 1.807) is 0 Å². The van der Waals surface area contributed by atoms with Crippen molar-refractivity contribution in [3.05, 3.63) is 62.3 Å². The van der Waals surface area contributed by atoms with E-state index in [2.05, 4.69) is 46.5 Å². The molecular weight excluding hydrogens is 242 g/mol. The maximum absolute atomic E-state index is 11.1. The van der Waals surface area contributed by atoms with Crippen LogP contribution in [0.2, 0.25) is 0 Å². The van der Waals surface area contributed by atoms with E-state index in [0.29, 0.717) is 12.4 Å². The van der Waals surface area contributed by atoms with Crippen molar-refractivity contribution in [2.75, 3.05) is 11.9 Å². The number of H-pyrrole nitrogens is 2. The van der Waals surface area contributed by atoms with Crippen molar-refractivity contribution in [3.63, 3.8) is 0 Å². The molecule has 0 radical (unpaired) electrons. The molecule has 3 N–H and O–H groups in total. The molecule has 100 valence electrons. The first-order valence-electron chi connectivity index (χ1n) is 6.32. The predicted octanol–water partition coefficient (Wildman–Crippen LogP) is 1.28. The molecule has 0 aliphatic carbocycles. The molecule has 0 bridgehead atoms. The third-order valence-electron chi connectivity index (χ3n) is 2.92. The Bertz CT molecular complexity index is 612. The summed E-state index contributed by atoms with van der Waals surface area (Å²) in [6, 6.07) is 9.76. The van der Waals surface area contributed by atoms with Gasteiger partial charge in [0.15, 0.2) is 0 Å². The van der Waals surface area contributed by atoms with E-state index >= 15 is 0 Å². The van der Waals surface area contributed by atoms with Crippen LogP contribution in [0.4, 0.5) is 5.82 Å². The van der Waals surface area contributed by atoms with Gasteiger partial charge in [-0.25, -0.2) is 4.79 Å². The van der Waals surface area contributed by atoms with Gasteiger partial charge in [-0.2, -0.15) is 0 Å². The summed E-state index contributed by atoms with van der Waals surface area (Å²) < 4.78 is 0. The Morgan fingerprint density at radius 3 is 2.37 bits per heavy atom. The summed E-state index contributed by atoms with van der Waals surface area (Å²) in [4.78, 5) is 26.8. The topological polar surface area (TPSA) is 77.8 Å². The smallest absolute Gasteiger partial charge is 0.327 e. The molecule has 1 heterocycles. The molecule has 0 aliphatic rings. The zero-order valence-electron chi connectivity index (χ0n) is 10.8. The van der Waals surface area contributed by atoms with E-state index in [4.69, 9.17) is 0 Å². The minimum atomic E-state index is -0.498. The highest BCUT2D eigenvalue weighted by molar-refractivity contribution is 5.32. The van der Waals surface area contributed by atoms with Gasteiger partial charge in [0, 0.05) is 12.6 Å². The molecule has 0 saturated heterocycles. The number of hydrogen-bond donors (Lipinski definition) is 3. The molecule has 0 amide bonds. The molecular formula is C14H17N3O2. The Kier molecular flexibility index (Phi) is 4.18. The Balaban J connectivity index is 1.92. The zero-order valence-corrected chi connectivity index (χ0v) is 10.8. The van der Waals surface area contributed by atoms with E-state index in [0.717, 1.165) is 12.8 Å². The lowest BCUT2D eigenvalue weighted by atomic mass is 10.1. The molecule has 0 aliphatic heterocycles. The molecule has 0 saturated carbocycles. The third kappa shape index (κ3) is 3.84. The monoisotopic (exact) mass is 259 g/mol. The van der Waals surface area contributed by atoms with E-state index < -0.39 is 11.2 Å². The van der Waals surface area contributed by atoms with Crippen molar-refractivity contribution >= 4 is 5.82 Å². The first kappa shape index (κ1) is 13.1. The summed E-state index contributed by atoms with van der Waals surface area (Å²) in [5.41, 5.74) is 1.63. The van der Waals surface area contributed by atoms with Crippen molar-refractivity contribution in [1.82, 2.24) is 9.97 Å². The van der Waals surface area contributed by atoms with Crippen LogP contribution in [-0.2, 0) is 12.8 Å². The summed E-state index contributed by atoms with van der Waals surface area (Å²) in [6.07, 6.45) is 1.87. The molecule has 0 unspecified atom stereocenters. The van der Waals surface area contributed by atoms with Gasteiger partial charge in [-0.05, 0) is 24.0 Å². The molecule has 5 heteroatoms. The van der Waals surface area contributed by atoms with Crippen molar-refractivity contribution in [2.24, 2.45) is 0 Å². The van der Waals surface area contributed by atoms with Gasteiger partial charge in [0.2, 0.25) is 0 Å². The molecule has 5 nitrogen and oxygen atoms in total. The molecule has 0 fully saturated rings. The van der Waals surface area contributed by atoms with E-state index in [-0.39, 0.29) is 0 Å². The Morgan fingerprint density at radius 2 is 1.74 bits per heavy atom. The molecule has 2 aromatic rings. The van der Waals surface area contributed by atoms with Crippen LogP contribution >= 0.6 is 0 Å². The van der Waals surface area contributed by atoms with Gasteiger partial charge in [-0.3, -0.25) is 14.8 Å². The van der Waals surface area contributed by atoms with Crippen molar-refractivity contribution in [1.29, 1.82) is 0 Å². The molecule has 0 spiro atoms. The number of aromatic amines is 2. The lowest BCUT2D eigenvalue weighted by Gasteiger charge is -2.06. The highest BCUT2D eigenvalue weighted by Gasteiger charge is 1.97. The van der Waals surface area contributed by atoms with Crippen LogP contribution in [0.1, 0.15) is 18.1 Å². The predicted molar refractivity (Wildman–Crippen MR) is 75.7 cm³/mol. The normalized spacial score (nSPS) is 10.4. The standard InChI is InChI=1S/C14H17N3O2/c1-2-10-3-5-11(6-4-10)7-8-15-12-9-13(18)17-14(19)16-12/h3-6,9H,2,7-8H2,1H3,(H3,15,16,17,18,19). The number of benzene rings is 1. The number of rotatable bonds is 5. The Labute approximate surface area is 110 Å². The average molecular weight is 259 g/mol. The Hall–Kier alpha value is -2.30. The van der Waals surface area contributed by atoms with Crippen LogP contribution in [0, 0.1) is 0 Å². The molecule has 1 aromatic carbocycles. The fraction of sp³-hybridized carbons (Fsp3) is 0.286. The van der Waals surface area contributed by atoms with E-state index in [1.165, 1.54) is 17.2 Å². The zero-order chi connectivity index (χ0) is 13.7. The number of hydrogen-bond acceptors (Lipinski definition) is 3. The maximum atomic E-state index is 11.1. The average Bonchev–Trinajstić information content (AvgIpc) is 2.38. The SMILES string of the molecule is CCc1ccc(CCNc2cc(=O)[nH]c(=O)[nH]2)cc1. The minimum absolute atomic E-state index is 0.404. The Morgan fingerprint density at radius 1 is 1.05 bits per heavy atom. The summed E-state index contributed by atoms with van der Waals surface area (Å²) >= 11 is 0. The second-order valence-corrected chi connectivity index (χ2v) is 4.35. The van der Waals surface area contributed by atoms with E-state index in [1.807, 2.05) is 0 Å². The highest BCUT2D eigenvalue weighted by Crippen LogP contribution is 2.06. The van der Waals surface area contributed by atoms with E-state index in [9.17, 15) is 9.59 Å². The first-order chi connectivity index (χ1) is 9.17. The fourth-order valence-electron chi connectivity index (χ4n) is 1.85. The number of nitrogens with one attached hydrogen (secondary N) is 3.